The molecule has 1 unspecified atom stereocenters. The first kappa shape index (κ1) is 16.0. The average Bonchev–Trinajstić information content (AvgIpc) is 2.97. The van der Waals surface area contributed by atoms with E-state index in [9.17, 15) is 8.42 Å². The van der Waals surface area contributed by atoms with E-state index in [0.29, 0.717) is 4.90 Å². The number of aryl methyl sites for hydroxylation is 1. The molecule has 0 amide bonds. The minimum atomic E-state index is -3.12. The molecule has 0 saturated carbocycles. The van der Waals surface area contributed by atoms with E-state index in [1.54, 1.807) is 19.1 Å². The van der Waals surface area contributed by atoms with Gasteiger partial charge in [-0.2, -0.15) is 0 Å². The van der Waals surface area contributed by atoms with Crippen LogP contribution in [-0.2, 0) is 16.3 Å². The fourth-order valence-electron chi connectivity index (χ4n) is 2.06. The molecule has 1 aromatic heterocycles. The van der Waals surface area contributed by atoms with Crippen molar-refractivity contribution in [1.82, 2.24) is 0 Å². The minimum Gasteiger partial charge on any atom is -0.378 e. The van der Waals surface area contributed by atoms with Crippen LogP contribution in [0.15, 0.2) is 41.3 Å². The fourth-order valence-corrected chi connectivity index (χ4v) is 3.90. The van der Waals surface area contributed by atoms with Crippen LogP contribution in [0, 0.1) is 0 Å². The molecule has 1 N–H and O–H groups in total. The zero-order valence-corrected chi connectivity index (χ0v) is 14.2. The third-order valence-electron chi connectivity index (χ3n) is 3.43. The van der Waals surface area contributed by atoms with Crippen LogP contribution in [0.3, 0.4) is 0 Å². The molecule has 0 aliphatic heterocycles. The van der Waals surface area contributed by atoms with Gasteiger partial charge >= 0.3 is 0 Å². The van der Waals surface area contributed by atoms with Gasteiger partial charge in [0.15, 0.2) is 9.84 Å². The van der Waals surface area contributed by atoms with Crippen molar-refractivity contribution in [2.45, 2.75) is 38.1 Å². The lowest BCUT2D eigenvalue weighted by molar-refractivity contribution is 0.597. The highest BCUT2D eigenvalue weighted by Gasteiger charge is 2.12. The summed E-state index contributed by atoms with van der Waals surface area (Å²) < 4.78 is 23.5. The van der Waals surface area contributed by atoms with Crippen molar-refractivity contribution >= 4 is 26.9 Å². The summed E-state index contributed by atoms with van der Waals surface area (Å²) in [5, 5.41) is 3.41. The molecule has 21 heavy (non-hydrogen) atoms. The van der Waals surface area contributed by atoms with Gasteiger partial charge in [0, 0.05) is 15.4 Å². The Morgan fingerprint density at radius 1 is 1.10 bits per heavy atom. The van der Waals surface area contributed by atoms with E-state index < -0.39 is 9.84 Å². The Morgan fingerprint density at radius 3 is 2.29 bits per heavy atom. The van der Waals surface area contributed by atoms with E-state index in [2.05, 4.69) is 31.3 Å². The molecule has 1 atom stereocenters. The van der Waals surface area contributed by atoms with Crippen LogP contribution in [0.25, 0.3) is 0 Å². The maximum Gasteiger partial charge on any atom is 0.178 e. The van der Waals surface area contributed by atoms with Crippen molar-refractivity contribution in [3.63, 3.8) is 0 Å². The van der Waals surface area contributed by atoms with Crippen molar-refractivity contribution in [2.24, 2.45) is 0 Å². The van der Waals surface area contributed by atoms with Crippen LogP contribution in [0.1, 0.15) is 36.6 Å². The standard InChI is InChI=1S/C16H21NO2S2/c1-4-14-8-11-16(20-14)12(3)17-13-6-9-15(10-7-13)21(18,19)5-2/h6-12,17H,4-5H2,1-3H3. The predicted octanol–water partition coefficient (Wildman–Crippen LogP) is 4.28. The zero-order chi connectivity index (χ0) is 15.5. The van der Waals surface area contributed by atoms with Gasteiger partial charge in [-0.1, -0.05) is 13.8 Å². The summed E-state index contributed by atoms with van der Waals surface area (Å²) in [5.41, 5.74) is 0.934. The van der Waals surface area contributed by atoms with Gasteiger partial charge in [-0.15, -0.1) is 11.3 Å². The summed E-state index contributed by atoms with van der Waals surface area (Å²) in [4.78, 5) is 3.05. The molecular weight excluding hydrogens is 302 g/mol. The second-order valence-corrected chi connectivity index (χ2v) is 8.43. The van der Waals surface area contributed by atoms with Gasteiger partial charge in [0.25, 0.3) is 0 Å². The van der Waals surface area contributed by atoms with Crippen molar-refractivity contribution in [2.75, 3.05) is 11.1 Å². The van der Waals surface area contributed by atoms with Gasteiger partial charge in [-0.3, -0.25) is 0 Å². The summed E-state index contributed by atoms with van der Waals surface area (Å²) >= 11 is 1.81. The van der Waals surface area contributed by atoms with Gasteiger partial charge in [0.2, 0.25) is 0 Å². The molecule has 0 fully saturated rings. The maximum absolute atomic E-state index is 11.8. The lowest BCUT2D eigenvalue weighted by atomic mass is 10.2. The van der Waals surface area contributed by atoms with Crippen LogP contribution in [0.4, 0.5) is 5.69 Å². The first-order chi connectivity index (χ1) is 9.96. The Balaban J connectivity index is 2.09. The molecule has 114 valence electrons. The van der Waals surface area contributed by atoms with Gasteiger partial charge in [-0.25, -0.2) is 8.42 Å². The first-order valence-electron chi connectivity index (χ1n) is 7.14. The number of thiophene rings is 1. The van der Waals surface area contributed by atoms with Gasteiger partial charge in [0.1, 0.15) is 0 Å². The Labute approximate surface area is 130 Å². The van der Waals surface area contributed by atoms with Crippen LogP contribution >= 0.6 is 11.3 Å². The SMILES string of the molecule is CCc1ccc(C(C)Nc2ccc(S(=O)(=O)CC)cc2)s1. The van der Waals surface area contributed by atoms with Crippen LogP contribution < -0.4 is 5.32 Å². The Morgan fingerprint density at radius 2 is 1.76 bits per heavy atom. The average molecular weight is 323 g/mol. The van der Waals surface area contributed by atoms with Gasteiger partial charge in [-0.05, 0) is 49.7 Å². The largest absolute Gasteiger partial charge is 0.378 e. The Bertz CT molecular complexity index is 687. The van der Waals surface area contributed by atoms with E-state index in [0.717, 1.165) is 12.1 Å². The van der Waals surface area contributed by atoms with E-state index in [-0.39, 0.29) is 11.8 Å². The van der Waals surface area contributed by atoms with Crippen molar-refractivity contribution in [3.8, 4) is 0 Å². The normalized spacial score (nSPS) is 13.1. The monoisotopic (exact) mass is 323 g/mol. The van der Waals surface area contributed by atoms with Gasteiger partial charge < -0.3 is 5.32 Å². The topological polar surface area (TPSA) is 46.2 Å². The molecular formula is C16H21NO2S2. The molecule has 3 nitrogen and oxygen atoms in total. The highest BCUT2D eigenvalue weighted by Crippen LogP contribution is 2.27. The predicted molar refractivity (Wildman–Crippen MR) is 89.9 cm³/mol. The smallest absolute Gasteiger partial charge is 0.178 e. The number of rotatable bonds is 6. The number of hydrogen-bond donors (Lipinski definition) is 1. The third kappa shape index (κ3) is 3.86. The Kier molecular flexibility index (Phi) is 5.06. The molecule has 1 heterocycles. The number of sulfone groups is 1. The Hall–Kier alpha value is -1.33. The summed E-state index contributed by atoms with van der Waals surface area (Å²) in [6.45, 7) is 5.92. The van der Waals surface area contributed by atoms with Crippen molar-refractivity contribution < 1.29 is 8.42 Å². The molecule has 1 aromatic carbocycles. The molecule has 0 aliphatic carbocycles. The molecule has 5 heteroatoms. The number of anilines is 1. The molecule has 2 rings (SSSR count). The van der Waals surface area contributed by atoms with E-state index in [1.807, 2.05) is 23.5 Å². The zero-order valence-electron chi connectivity index (χ0n) is 12.6. The minimum absolute atomic E-state index is 0.130. The maximum atomic E-state index is 11.8. The van der Waals surface area contributed by atoms with Crippen molar-refractivity contribution in [1.29, 1.82) is 0 Å². The molecule has 0 spiro atoms. The lowest BCUT2D eigenvalue weighted by Gasteiger charge is -2.14. The highest BCUT2D eigenvalue weighted by molar-refractivity contribution is 7.91. The molecule has 2 aromatic rings. The van der Waals surface area contributed by atoms with Crippen LogP contribution in [0.5, 0.6) is 0 Å². The fraction of sp³-hybridized carbons (Fsp3) is 0.375. The van der Waals surface area contributed by atoms with Crippen LogP contribution in [0.2, 0.25) is 0 Å². The lowest BCUT2D eigenvalue weighted by Crippen LogP contribution is -2.06. The molecule has 0 bridgehead atoms. The quantitative estimate of drug-likeness (QED) is 0.863. The number of hydrogen-bond acceptors (Lipinski definition) is 4. The van der Waals surface area contributed by atoms with E-state index in [4.69, 9.17) is 0 Å². The summed E-state index contributed by atoms with van der Waals surface area (Å²) in [6, 6.07) is 11.5. The van der Waals surface area contributed by atoms with Crippen molar-refractivity contribution in [3.05, 3.63) is 46.2 Å². The summed E-state index contributed by atoms with van der Waals surface area (Å²) in [5.74, 6) is 0.130. The molecule has 0 aliphatic rings. The second kappa shape index (κ2) is 6.62. The molecule has 0 saturated heterocycles. The highest BCUT2D eigenvalue weighted by atomic mass is 32.2. The van der Waals surface area contributed by atoms with E-state index in [1.165, 1.54) is 9.75 Å². The first-order valence-corrected chi connectivity index (χ1v) is 9.61. The number of nitrogens with one attached hydrogen (secondary N) is 1. The third-order valence-corrected chi connectivity index (χ3v) is 6.60. The number of benzene rings is 1. The summed E-state index contributed by atoms with van der Waals surface area (Å²) in [6.07, 6.45) is 1.06. The van der Waals surface area contributed by atoms with E-state index >= 15 is 0 Å². The molecule has 0 radical (unpaired) electrons. The second-order valence-electron chi connectivity index (χ2n) is 4.95. The van der Waals surface area contributed by atoms with Gasteiger partial charge in [0.05, 0.1) is 16.7 Å². The summed E-state index contributed by atoms with van der Waals surface area (Å²) in [7, 11) is -3.12. The van der Waals surface area contributed by atoms with Crippen LogP contribution in [-0.4, -0.2) is 14.2 Å².